The number of benzene rings is 1. The number of nitro groups is 1. The summed E-state index contributed by atoms with van der Waals surface area (Å²) >= 11 is 0. The van der Waals surface area contributed by atoms with Crippen LogP contribution in [0.25, 0.3) is 0 Å². The fourth-order valence-corrected chi connectivity index (χ4v) is 2.59. The molecule has 0 N–H and O–H groups in total. The van der Waals surface area contributed by atoms with Crippen LogP contribution in [0.2, 0.25) is 0 Å². The molecular weight excluding hydrogens is 270 g/mol. The van der Waals surface area contributed by atoms with E-state index in [0.29, 0.717) is 6.61 Å². The van der Waals surface area contributed by atoms with E-state index in [1.165, 1.54) is 0 Å². The number of hydrogen-bond acceptors (Lipinski definition) is 4. The van der Waals surface area contributed by atoms with Crippen LogP contribution in [0.4, 0.5) is 0 Å². The van der Waals surface area contributed by atoms with Gasteiger partial charge in [-0.2, -0.15) is 0 Å². The van der Waals surface area contributed by atoms with Crippen LogP contribution >= 0.6 is 0 Å². The van der Waals surface area contributed by atoms with Crippen molar-refractivity contribution in [2.24, 2.45) is 11.8 Å². The maximum absolute atomic E-state index is 11.8. The summed E-state index contributed by atoms with van der Waals surface area (Å²) in [6.45, 7) is 5.84. The van der Waals surface area contributed by atoms with Crippen molar-refractivity contribution in [1.29, 1.82) is 0 Å². The summed E-state index contributed by atoms with van der Waals surface area (Å²) in [6, 6.07) is 9.50. The highest BCUT2D eigenvalue weighted by Crippen LogP contribution is 2.33. The van der Waals surface area contributed by atoms with E-state index in [0.717, 1.165) is 5.56 Å². The summed E-state index contributed by atoms with van der Waals surface area (Å²) in [6.07, 6.45) is 0.175. The van der Waals surface area contributed by atoms with E-state index >= 15 is 0 Å². The molecule has 5 nitrogen and oxygen atoms in total. The lowest BCUT2D eigenvalue weighted by molar-refractivity contribution is -0.490. The normalized spacial score (nSPS) is 13.7. The number of ether oxygens (including phenoxy) is 1. The van der Waals surface area contributed by atoms with E-state index in [2.05, 4.69) is 0 Å². The highest BCUT2D eigenvalue weighted by Gasteiger charge is 2.32. The quantitative estimate of drug-likeness (QED) is 0.419. The van der Waals surface area contributed by atoms with E-state index in [9.17, 15) is 14.9 Å². The van der Waals surface area contributed by atoms with Gasteiger partial charge in [-0.05, 0) is 18.4 Å². The Kier molecular flexibility index (Phi) is 6.85. The van der Waals surface area contributed by atoms with Crippen LogP contribution in [0, 0.1) is 22.0 Å². The van der Waals surface area contributed by atoms with Crippen molar-refractivity contribution < 1.29 is 14.5 Å². The Labute approximate surface area is 125 Å². The average molecular weight is 293 g/mol. The average Bonchev–Trinajstić information content (AvgIpc) is 2.43. The van der Waals surface area contributed by atoms with Gasteiger partial charge in [0.25, 0.3) is 0 Å². The summed E-state index contributed by atoms with van der Waals surface area (Å²) in [4.78, 5) is 22.5. The van der Waals surface area contributed by atoms with Crippen molar-refractivity contribution in [3.63, 3.8) is 0 Å². The van der Waals surface area contributed by atoms with E-state index in [4.69, 9.17) is 4.74 Å². The third-order valence-corrected chi connectivity index (χ3v) is 3.65. The van der Waals surface area contributed by atoms with Gasteiger partial charge in [0.15, 0.2) is 0 Å². The highest BCUT2D eigenvalue weighted by molar-refractivity contribution is 5.70. The Hall–Kier alpha value is -1.91. The van der Waals surface area contributed by atoms with Crippen molar-refractivity contribution in [2.45, 2.75) is 33.1 Å². The number of carbonyl (C=O) groups excluding carboxylic acids is 1. The molecule has 0 amide bonds. The van der Waals surface area contributed by atoms with Crippen molar-refractivity contribution in [3.05, 3.63) is 46.0 Å². The van der Waals surface area contributed by atoms with Crippen molar-refractivity contribution >= 4 is 5.97 Å². The molecule has 0 heterocycles. The minimum Gasteiger partial charge on any atom is -0.466 e. The van der Waals surface area contributed by atoms with Crippen LogP contribution in [0.5, 0.6) is 0 Å². The van der Waals surface area contributed by atoms with E-state index < -0.39 is 0 Å². The zero-order valence-corrected chi connectivity index (χ0v) is 12.8. The van der Waals surface area contributed by atoms with E-state index in [-0.39, 0.29) is 41.6 Å². The zero-order chi connectivity index (χ0) is 15.8. The number of rotatable bonds is 8. The van der Waals surface area contributed by atoms with Gasteiger partial charge in [-0.1, -0.05) is 44.2 Å². The molecule has 0 aromatic heterocycles. The monoisotopic (exact) mass is 293 g/mol. The van der Waals surface area contributed by atoms with Crippen LogP contribution < -0.4 is 0 Å². The van der Waals surface area contributed by atoms with Crippen LogP contribution in [-0.4, -0.2) is 24.0 Å². The second-order valence-electron chi connectivity index (χ2n) is 5.45. The second kappa shape index (κ2) is 8.39. The molecule has 0 unspecified atom stereocenters. The Morgan fingerprint density at radius 1 is 1.29 bits per heavy atom. The van der Waals surface area contributed by atoms with Crippen molar-refractivity contribution in [2.75, 3.05) is 13.2 Å². The lowest BCUT2D eigenvalue weighted by Crippen LogP contribution is -2.28. The number of esters is 1. The molecule has 0 spiro atoms. The summed E-state index contributed by atoms with van der Waals surface area (Å²) in [5.41, 5.74) is 0.950. The molecule has 0 aliphatic rings. The molecule has 0 saturated heterocycles. The van der Waals surface area contributed by atoms with E-state index in [1.54, 1.807) is 6.92 Å². The number of hydrogen-bond donors (Lipinski definition) is 0. The van der Waals surface area contributed by atoms with Gasteiger partial charge in [-0.15, -0.1) is 0 Å². The predicted molar refractivity (Wildman–Crippen MR) is 80.6 cm³/mol. The standard InChI is InChI=1S/C16H23NO4/c1-4-21-16(18)10-14(13-8-6-5-7-9-13)15(12(2)3)11-17(19)20/h5-9,12,14-15H,4,10-11H2,1-3H3/t14-,15-/m1/s1. The Morgan fingerprint density at radius 3 is 2.38 bits per heavy atom. The fourth-order valence-electron chi connectivity index (χ4n) is 2.59. The van der Waals surface area contributed by atoms with Gasteiger partial charge < -0.3 is 4.74 Å². The first kappa shape index (κ1) is 17.1. The second-order valence-corrected chi connectivity index (χ2v) is 5.45. The van der Waals surface area contributed by atoms with Crippen LogP contribution in [0.15, 0.2) is 30.3 Å². The summed E-state index contributed by atoms with van der Waals surface area (Å²) in [5, 5.41) is 11.0. The van der Waals surface area contributed by atoms with Gasteiger partial charge in [-0.25, -0.2) is 0 Å². The lowest BCUT2D eigenvalue weighted by atomic mass is 9.77. The van der Waals surface area contributed by atoms with Crippen molar-refractivity contribution in [3.8, 4) is 0 Å². The minimum atomic E-state index is -0.305. The van der Waals surface area contributed by atoms with Gasteiger partial charge >= 0.3 is 5.97 Å². The topological polar surface area (TPSA) is 69.4 Å². The molecule has 0 aliphatic carbocycles. The molecule has 1 aromatic carbocycles. The first-order chi connectivity index (χ1) is 9.95. The third kappa shape index (κ3) is 5.53. The van der Waals surface area contributed by atoms with Crippen molar-refractivity contribution in [1.82, 2.24) is 0 Å². The van der Waals surface area contributed by atoms with Gasteiger partial charge in [0, 0.05) is 16.8 Å². The van der Waals surface area contributed by atoms with Crippen LogP contribution in [-0.2, 0) is 9.53 Å². The first-order valence-electron chi connectivity index (χ1n) is 7.28. The molecule has 5 heteroatoms. The molecule has 2 atom stereocenters. The number of nitrogens with zero attached hydrogens (tertiary/aromatic N) is 1. The largest absolute Gasteiger partial charge is 0.466 e. The fraction of sp³-hybridized carbons (Fsp3) is 0.562. The molecule has 0 saturated carbocycles. The molecule has 0 radical (unpaired) electrons. The SMILES string of the molecule is CCOC(=O)C[C@H](c1ccccc1)[C@H](C[N+](=O)[O-])C(C)C. The molecule has 1 aromatic rings. The molecule has 0 fully saturated rings. The maximum atomic E-state index is 11.8. The van der Waals surface area contributed by atoms with Gasteiger partial charge in [0.05, 0.1) is 13.0 Å². The molecule has 21 heavy (non-hydrogen) atoms. The summed E-state index contributed by atoms with van der Waals surface area (Å²) in [7, 11) is 0. The van der Waals surface area contributed by atoms with Gasteiger partial charge in [0.1, 0.15) is 0 Å². The van der Waals surface area contributed by atoms with Crippen LogP contribution in [0.1, 0.15) is 38.7 Å². The maximum Gasteiger partial charge on any atom is 0.306 e. The van der Waals surface area contributed by atoms with Crippen LogP contribution in [0.3, 0.4) is 0 Å². The molecule has 116 valence electrons. The lowest BCUT2D eigenvalue weighted by Gasteiger charge is -2.27. The smallest absolute Gasteiger partial charge is 0.306 e. The predicted octanol–water partition coefficient (Wildman–Crippen LogP) is 3.27. The molecular formula is C16H23NO4. The molecule has 1 rings (SSSR count). The first-order valence-corrected chi connectivity index (χ1v) is 7.28. The number of carbonyl (C=O) groups is 1. The Balaban J connectivity index is 3.04. The molecule has 0 bridgehead atoms. The summed E-state index contributed by atoms with van der Waals surface area (Å²) in [5.74, 6) is -0.599. The zero-order valence-electron chi connectivity index (χ0n) is 12.8. The Bertz CT molecular complexity index is 459. The minimum absolute atomic E-state index is 0.107. The van der Waals surface area contributed by atoms with Gasteiger partial charge in [0.2, 0.25) is 6.54 Å². The molecule has 0 aliphatic heterocycles. The van der Waals surface area contributed by atoms with Gasteiger partial charge in [-0.3, -0.25) is 14.9 Å². The van der Waals surface area contributed by atoms with E-state index in [1.807, 2.05) is 44.2 Å². The Morgan fingerprint density at radius 2 is 1.90 bits per heavy atom. The summed E-state index contributed by atoms with van der Waals surface area (Å²) < 4.78 is 5.02. The highest BCUT2D eigenvalue weighted by atomic mass is 16.6. The third-order valence-electron chi connectivity index (χ3n) is 3.65.